The van der Waals surface area contributed by atoms with Gasteiger partial charge in [0.2, 0.25) is 0 Å². The highest BCUT2D eigenvalue weighted by molar-refractivity contribution is 7.99. The molecule has 1 aromatic carbocycles. The maximum atomic E-state index is 13.2. The minimum absolute atomic E-state index is 0.204. The molecule has 2 atom stereocenters. The van der Waals surface area contributed by atoms with Crippen molar-refractivity contribution >= 4 is 11.8 Å². The first-order valence-corrected chi connectivity index (χ1v) is 6.82. The Labute approximate surface area is 109 Å². The zero-order valence-electron chi connectivity index (χ0n) is 9.71. The van der Waals surface area contributed by atoms with Gasteiger partial charge < -0.3 is 5.73 Å². The molecule has 0 saturated heterocycles. The van der Waals surface area contributed by atoms with E-state index in [1.54, 1.807) is 6.20 Å². The van der Waals surface area contributed by atoms with Gasteiger partial charge in [0.1, 0.15) is 5.82 Å². The number of aromatic nitrogens is 1. The minimum atomic E-state index is -0.332. The van der Waals surface area contributed by atoms with Crippen molar-refractivity contribution in [1.82, 2.24) is 4.98 Å². The van der Waals surface area contributed by atoms with Crippen molar-refractivity contribution in [3.05, 3.63) is 59.7 Å². The fourth-order valence-corrected chi connectivity index (χ4v) is 3.63. The van der Waals surface area contributed by atoms with E-state index in [0.717, 1.165) is 11.3 Å². The number of pyridine rings is 1. The summed E-state index contributed by atoms with van der Waals surface area (Å²) in [5, 5.41) is 0. The van der Waals surface area contributed by atoms with E-state index in [1.165, 1.54) is 22.7 Å². The van der Waals surface area contributed by atoms with Crippen LogP contribution in [0.2, 0.25) is 0 Å². The normalized spacial score (nSPS) is 19.6. The lowest BCUT2D eigenvalue weighted by Crippen LogP contribution is -2.20. The van der Waals surface area contributed by atoms with Crippen molar-refractivity contribution in [3.63, 3.8) is 0 Å². The van der Waals surface area contributed by atoms with Crippen molar-refractivity contribution in [2.24, 2.45) is 5.73 Å². The van der Waals surface area contributed by atoms with Crippen LogP contribution in [0, 0.1) is 5.82 Å². The molecule has 0 saturated carbocycles. The molecule has 4 heteroatoms. The highest BCUT2D eigenvalue weighted by atomic mass is 32.2. The number of nitrogens with two attached hydrogens (primary N) is 1. The lowest BCUT2D eigenvalue weighted by Gasteiger charge is -2.19. The molecule has 2 aromatic rings. The molecular formula is C14H13FN2S. The van der Waals surface area contributed by atoms with Gasteiger partial charge in [-0.25, -0.2) is 4.39 Å². The molecule has 0 amide bonds. The molecule has 92 valence electrons. The van der Waals surface area contributed by atoms with Gasteiger partial charge in [-0.3, -0.25) is 4.98 Å². The molecule has 0 aliphatic carbocycles. The average Bonchev–Trinajstić information content (AvgIpc) is 2.82. The summed E-state index contributed by atoms with van der Waals surface area (Å²) in [7, 11) is 0. The molecule has 1 aliphatic rings. The third kappa shape index (κ3) is 2.02. The number of hydrogen-bond acceptors (Lipinski definition) is 3. The predicted molar refractivity (Wildman–Crippen MR) is 71.0 cm³/mol. The topological polar surface area (TPSA) is 38.9 Å². The number of fused-ring (bicyclic) bond motifs is 1. The minimum Gasteiger partial charge on any atom is -0.323 e. The average molecular weight is 260 g/mol. The molecule has 2 heterocycles. The molecule has 3 rings (SSSR count). The van der Waals surface area contributed by atoms with Gasteiger partial charge in [0.15, 0.2) is 0 Å². The number of benzene rings is 1. The number of hydrogen-bond donors (Lipinski definition) is 1. The first kappa shape index (κ1) is 11.7. The zero-order valence-corrected chi connectivity index (χ0v) is 10.5. The molecule has 0 fully saturated rings. The summed E-state index contributed by atoms with van der Waals surface area (Å²) in [5.74, 6) is 0.841. The van der Waals surface area contributed by atoms with Gasteiger partial charge in [0, 0.05) is 28.8 Å². The first-order chi connectivity index (χ1) is 8.75. The molecule has 2 N–H and O–H groups in total. The third-order valence-corrected chi connectivity index (χ3v) is 4.49. The van der Waals surface area contributed by atoms with Gasteiger partial charge in [-0.1, -0.05) is 18.2 Å². The molecular weight excluding hydrogens is 247 g/mol. The van der Waals surface area contributed by atoms with E-state index in [4.69, 9.17) is 5.73 Å². The molecule has 1 aliphatic heterocycles. The lowest BCUT2D eigenvalue weighted by atomic mass is 9.90. The van der Waals surface area contributed by atoms with Crippen LogP contribution in [0.15, 0.2) is 47.6 Å². The second kappa shape index (κ2) is 4.71. The lowest BCUT2D eigenvalue weighted by molar-refractivity contribution is 0.582. The Morgan fingerprint density at radius 1 is 1.33 bits per heavy atom. The zero-order chi connectivity index (χ0) is 12.5. The van der Waals surface area contributed by atoms with Crippen LogP contribution >= 0.6 is 11.8 Å². The van der Waals surface area contributed by atoms with Crippen LogP contribution in [0.4, 0.5) is 4.39 Å². The summed E-state index contributed by atoms with van der Waals surface area (Å²) >= 11 is 1.81. The SMILES string of the molecule is NC(c1cncc(F)c1)C1CSc2ccccc21. The molecule has 0 radical (unpaired) electrons. The molecule has 2 unspecified atom stereocenters. The van der Waals surface area contributed by atoms with Crippen molar-refractivity contribution in [2.75, 3.05) is 5.75 Å². The van der Waals surface area contributed by atoms with Crippen molar-refractivity contribution in [3.8, 4) is 0 Å². The van der Waals surface area contributed by atoms with Gasteiger partial charge in [-0.05, 0) is 23.3 Å². The summed E-state index contributed by atoms with van der Waals surface area (Å²) < 4.78 is 13.2. The molecule has 18 heavy (non-hydrogen) atoms. The Morgan fingerprint density at radius 2 is 2.17 bits per heavy atom. The third-order valence-electron chi connectivity index (χ3n) is 3.28. The molecule has 0 spiro atoms. The second-order valence-electron chi connectivity index (χ2n) is 4.42. The van der Waals surface area contributed by atoms with Crippen LogP contribution in [-0.2, 0) is 0 Å². The van der Waals surface area contributed by atoms with Crippen molar-refractivity contribution < 1.29 is 4.39 Å². The fourth-order valence-electron chi connectivity index (χ4n) is 2.33. The standard InChI is InChI=1S/C14H13FN2S/c15-10-5-9(6-17-7-10)14(16)12-8-18-13-4-2-1-3-11(12)13/h1-7,12,14H,8,16H2. The Kier molecular flexibility index (Phi) is 3.06. The van der Waals surface area contributed by atoms with E-state index in [-0.39, 0.29) is 17.8 Å². The van der Waals surface area contributed by atoms with Crippen LogP contribution < -0.4 is 5.73 Å². The maximum Gasteiger partial charge on any atom is 0.141 e. The Morgan fingerprint density at radius 3 is 3.00 bits per heavy atom. The molecule has 1 aromatic heterocycles. The monoisotopic (exact) mass is 260 g/mol. The van der Waals surface area contributed by atoms with E-state index in [2.05, 4.69) is 17.1 Å². The Bertz CT molecular complexity index is 573. The summed E-state index contributed by atoms with van der Waals surface area (Å²) in [5.41, 5.74) is 8.29. The number of thioether (sulfide) groups is 1. The van der Waals surface area contributed by atoms with Crippen LogP contribution in [0.1, 0.15) is 23.1 Å². The molecule has 2 nitrogen and oxygen atoms in total. The maximum absolute atomic E-state index is 13.2. The van der Waals surface area contributed by atoms with Crippen molar-refractivity contribution in [1.29, 1.82) is 0 Å². The van der Waals surface area contributed by atoms with E-state index in [0.29, 0.717) is 0 Å². The summed E-state index contributed by atoms with van der Waals surface area (Å²) in [4.78, 5) is 5.15. The van der Waals surface area contributed by atoms with E-state index >= 15 is 0 Å². The van der Waals surface area contributed by atoms with Crippen LogP contribution in [0.3, 0.4) is 0 Å². The predicted octanol–water partition coefficient (Wildman–Crippen LogP) is 3.11. The summed E-state index contributed by atoms with van der Waals surface area (Å²) in [6.07, 6.45) is 2.85. The van der Waals surface area contributed by atoms with Gasteiger partial charge in [0.25, 0.3) is 0 Å². The first-order valence-electron chi connectivity index (χ1n) is 5.83. The molecule has 0 bridgehead atoms. The van der Waals surface area contributed by atoms with Crippen LogP contribution in [0.25, 0.3) is 0 Å². The largest absolute Gasteiger partial charge is 0.323 e. The highest BCUT2D eigenvalue weighted by Crippen LogP contribution is 2.44. The Hall–Kier alpha value is -1.39. The number of halogens is 1. The van der Waals surface area contributed by atoms with Crippen LogP contribution in [-0.4, -0.2) is 10.7 Å². The number of rotatable bonds is 2. The summed E-state index contributed by atoms with van der Waals surface area (Å²) in [6, 6.07) is 9.54. The van der Waals surface area contributed by atoms with Gasteiger partial charge in [-0.15, -0.1) is 11.8 Å². The Balaban J connectivity index is 1.93. The fraction of sp³-hybridized carbons (Fsp3) is 0.214. The van der Waals surface area contributed by atoms with Gasteiger partial charge in [0.05, 0.1) is 6.20 Å². The van der Waals surface area contributed by atoms with E-state index in [9.17, 15) is 4.39 Å². The van der Waals surface area contributed by atoms with E-state index < -0.39 is 0 Å². The van der Waals surface area contributed by atoms with E-state index in [1.807, 2.05) is 23.9 Å². The van der Waals surface area contributed by atoms with Gasteiger partial charge >= 0.3 is 0 Å². The second-order valence-corrected chi connectivity index (χ2v) is 5.48. The quantitative estimate of drug-likeness (QED) is 0.901. The summed E-state index contributed by atoms with van der Waals surface area (Å²) in [6.45, 7) is 0. The smallest absolute Gasteiger partial charge is 0.141 e. The van der Waals surface area contributed by atoms with Gasteiger partial charge in [-0.2, -0.15) is 0 Å². The highest BCUT2D eigenvalue weighted by Gasteiger charge is 2.29. The van der Waals surface area contributed by atoms with Crippen molar-refractivity contribution in [2.45, 2.75) is 16.9 Å². The number of nitrogens with zero attached hydrogens (tertiary/aromatic N) is 1. The van der Waals surface area contributed by atoms with Crippen LogP contribution in [0.5, 0.6) is 0 Å².